The van der Waals surface area contributed by atoms with Crippen LogP contribution in [0.5, 0.6) is 0 Å². The normalized spacial score (nSPS) is 11.7. The van der Waals surface area contributed by atoms with Crippen LogP contribution in [0.3, 0.4) is 0 Å². The van der Waals surface area contributed by atoms with Gasteiger partial charge in [0.05, 0.1) is 0 Å². The molecule has 84 valence electrons. The molecule has 15 heavy (non-hydrogen) atoms. The van der Waals surface area contributed by atoms with E-state index in [1.54, 1.807) is 12.1 Å². The van der Waals surface area contributed by atoms with Crippen LogP contribution in [0.2, 0.25) is 0 Å². The van der Waals surface area contributed by atoms with Crippen molar-refractivity contribution in [1.29, 1.82) is 0 Å². The van der Waals surface area contributed by atoms with E-state index >= 15 is 0 Å². The van der Waals surface area contributed by atoms with Gasteiger partial charge in [-0.05, 0) is 18.1 Å². The van der Waals surface area contributed by atoms with Crippen LogP contribution < -0.4 is 11.5 Å². The van der Waals surface area contributed by atoms with Gasteiger partial charge >= 0.3 is 0 Å². The summed E-state index contributed by atoms with van der Waals surface area (Å²) in [7, 11) is -4.27. The molecule has 0 bridgehead atoms. The summed E-state index contributed by atoms with van der Waals surface area (Å²) in [5, 5.41) is 0. The van der Waals surface area contributed by atoms with Crippen LogP contribution in [0.15, 0.2) is 17.0 Å². The van der Waals surface area contributed by atoms with Crippen LogP contribution in [0.1, 0.15) is 16.7 Å². The monoisotopic (exact) mass is 230 g/mol. The lowest BCUT2D eigenvalue weighted by Gasteiger charge is -2.11. The van der Waals surface area contributed by atoms with E-state index in [0.29, 0.717) is 11.1 Å². The van der Waals surface area contributed by atoms with Gasteiger partial charge in [0.15, 0.2) is 0 Å². The Balaban J connectivity index is 3.59. The first-order valence-corrected chi connectivity index (χ1v) is 5.84. The van der Waals surface area contributed by atoms with E-state index in [2.05, 4.69) is 0 Å². The average molecular weight is 230 g/mol. The third-order valence-electron chi connectivity index (χ3n) is 2.08. The Labute approximate surface area is 88.8 Å². The lowest BCUT2D eigenvalue weighted by Crippen LogP contribution is -2.13. The van der Waals surface area contributed by atoms with E-state index in [1.807, 2.05) is 6.92 Å². The molecule has 0 saturated heterocycles. The predicted molar refractivity (Wildman–Crippen MR) is 56.8 cm³/mol. The maximum Gasteiger partial charge on any atom is 0.295 e. The quantitative estimate of drug-likeness (QED) is 0.641. The molecule has 0 atom stereocenters. The van der Waals surface area contributed by atoms with Crippen LogP contribution in [0.25, 0.3) is 0 Å². The van der Waals surface area contributed by atoms with Gasteiger partial charge in [-0.3, -0.25) is 4.55 Å². The molecule has 0 aliphatic carbocycles. The predicted octanol–water partition coefficient (Wildman–Crippen LogP) is 0.159. The minimum Gasteiger partial charge on any atom is -0.326 e. The van der Waals surface area contributed by atoms with Crippen molar-refractivity contribution >= 4 is 10.1 Å². The first-order chi connectivity index (χ1) is 6.90. The largest absolute Gasteiger partial charge is 0.326 e. The summed E-state index contributed by atoms with van der Waals surface area (Å²) in [6.07, 6.45) is 0. The van der Waals surface area contributed by atoms with E-state index in [1.165, 1.54) is 0 Å². The zero-order chi connectivity index (χ0) is 11.6. The van der Waals surface area contributed by atoms with Crippen molar-refractivity contribution in [3.8, 4) is 0 Å². The fraction of sp³-hybridized carbons (Fsp3) is 0.333. The number of hydrogen-bond donors (Lipinski definition) is 3. The number of rotatable bonds is 3. The summed E-state index contributed by atoms with van der Waals surface area (Å²) in [5.41, 5.74) is 12.5. The minimum atomic E-state index is -4.27. The second-order valence-corrected chi connectivity index (χ2v) is 4.65. The van der Waals surface area contributed by atoms with Crippen molar-refractivity contribution in [2.24, 2.45) is 11.5 Å². The third kappa shape index (κ3) is 2.54. The van der Waals surface area contributed by atoms with Crippen LogP contribution in [-0.4, -0.2) is 13.0 Å². The SMILES string of the molecule is Cc1cc(CN)c(S(=O)(=O)O)c(CN)c1. The Bertz CT molecular complexity index is 443. The zero-order valence-electron chi connectivity index (χ0n) is 8.40. The zero-order valence-corrected chi connectivity index (χ0v) is 9.21. The molecule has 1 rings (SSSR count). The van der Waals surface area contributed by atoms with Crippen LogP contribution >= 0.6 is 0 Å². The molecule has 0 radical (unpaired) electrons. The Morgan fingerprint density at radius 3 is 1.87 bits per heavy atom. The van der Waals surface area contributed by atoms with Gasteiger partial charge in [-0.2, -0.15) is 8.42 Å². The number of nitrogens with two attached hydrogens (primary N) is 2. The molecule has 6 heteroatoms. The lowest BCUT2D eigenvalue weighted by molar-refractivity contribution is 0.481. The molecule has 0 heterocycles. The number of aryl methyl sites for hydroxylation is 1. The summed E-state index contributed by atoms with van der Waals surface area (Å²) in [6, 6.07) is 3.25. The molecule has 0 aliphatic heterocycles. The summed E-state index contributed by atoms with van der Waals surface area (Å²) in [4.78, 5) is -0.155. The number of benzene rings is 1. The highest BCUT2D eigenvalue weighted by Gasteiger charge is 2.19. The maximum absolute atomic E-state index is 11.1. The highest BCUT2D eigenvalue weighted by molar-refractivity contribution is 7.86. The van der Waals surface area contributed by atoms with Crippen LogP contribution in [0.4, 0.5) is 0 Å². The Kier molecular flexibility index (Phi) is 3.46. The number of hydrogen-bond acceptors (Lipinski definition) is 4. The van der Waals surface area contributed by atoms with Crippen molar-refractivity contribution in [3.05, 3.63) is 28.8 Å². The second-order valence-electron chi connectivity index (χ2n) is 3.30. The third-order valence-corrected chi connectivity index (χ3v) is 3.13. The average Bonchev–Trinajstić information content (AvgIpc) is 2.14. The Morgan fingerprint density at radius 1 is 1.20 bits per heavy atom. The molecule has 0 aromatic heterocycles. The molecule has 5 nitrogen and oxygen atoms in total. The van der Waals surface area contributed by atoms with Crippen molar-refractivity contribution in [2.75, 3.05) is 0 Å². The Morgan fingerprint density at radius 2 is 1.60 bits per heavy atom. The van der Waals surface area contributed by atoms with Crippen LogP contribution in [0, 0.1) is 6.92 Å². The minimum absolute atomic E-state index is 0.0454. The molecular weight excluding hydrogens is 216 g/mol. The van der Waals surface area contributed by atoms with Gasteiger partial charge < -0.3 is 11.5 Å². The first-order valence-electron chi connectivity index (χ1n) is 4.40. The first kappa shape index (κ1) is 12.1. The van der Waals surface area contributed by atoms with Crippen molar-refractivity contribution < 1.29 is 13.0 Å². The molecule has 0 fully saturated rings. The molecule has 0 aliphatic rings. The molecule has 1 aromatic rings. The van der Waals surface area contributed by atoms with E-state index in [4.69, 9.17) is 16.0 Å². The molecule has 0 amide bonds. The van der Waals surface area contributed by atoms with E-state index in [0.717, 1.165) is 5.56 Å². The maximum atomic E-state index is 11.1. The van der Waals surface area contributed by atoms with Gasteiger partial charge in [0.2, 0.25) is 0 Å². The second kappa shape index (κ2) is 4.28. The van der Waals surface area contributed by atoms with Crippen LogP contribution in [-0.2, 0) is 23.2 Å². The molecule has 1 aromatic carbocycles. The topological polar surface area (TPSA) is 106 Å². The van der Waals surface area contributed by atoms with Gasteiger partial charge in [0.25, 0.3) is 10.1 Å². The highest BCUT2D eigenvalue weighted by Crippen LogP contribution is 2.22. The molecule has 0 spiro atoms. The molecular formula is C9H14N2O3S. The van der Waals surface area contributed by atoms with Gasteiger partial charge in [0.1, 0.15) is 4.90 Å². The van der Waals surface area contributed by atoms with E-state index in [9.17, 15) is 8.42 Å². The Hall–Kier alpha value is -0.950. The fourth-order valence-electron chi connectivity index (χ4n) is 1.56. The summed E-state index contributed by atoms with van der Waals surface area (Å²) in [5.74, 6) is 0. The lowest BCUT2D eigenvalue weighted by atomic mass is 10.1. The fourth-order valence-corrected chi connectivity index (χ4v) is 2.51. The summed E-state index contributed by atoms with van der Waals surface area (Å²) < 4.78 is 31.4. The smallest absolute Gasteiger partial charge is 0.295 e. The van der Waals surface area contributed by atoms with Gasteiger partial charge in [-0.15, -0.1) is 0 Å². The van der Waals surface area contributed by atoms with Gasteiger partial charge in [0, 0.05) is 13.1 Å². The summed E-state index contributed by atoms with van der Waals surface area (Å²) >= 11 is 0. The van der Waals surface area contributed by atoms with E-state index < -0.39 is 10.1 Å². The van der Waals surface area contributed by atoms with Crippen molar-refractivity contribution in [2.45, 2.75) is 24.9 Å². The molecule has 0 saturated carbocycles. The van der Waals surface area contributed by atoms with Crippen molar-refractivity contribution in [3.63, 3.8) is 0 Å². The van der Waals surface area contributed by atoms with Gasteiger partial charge in [-0.1, -0.05) is 17.7 Å². The van der Waals surface area contributed by atoms with E-state index in [-0.39, 0.29) is 18.0 Å². The molecule has 5 N–H and O–H groups in total. The van der Waals surface area contributed by atoms with Gasteiger partial charge in [-0.25, -0.2) is 0 Å². The van der Waals surface area contributed by atoms with Crippen molar-refractivity contribution in [1.82, 2.24) is 0 Å². The standard InChI is InChI=1S/C9H14N2O3S/c1-6-2-7(4-10)9(15(12,13)14)8(3-6)5-11/h2-3H,4-5,10-11H2,1H3,(H,12,13,14). The highest BCUT2D eigenvalue weighted by atomic mass is 32.2. The molecule has 0 unspecified atom stereocenters. The summed E-state index contributed by atoms with van der Waals surface area (Å²) in [6.45, 7) is 1.90.